The molecule has 1 rings (SSSR count). The van der Waals surface area contributed by atoms with Gasteiger partial charge in [0.1, 0.15) is 0 Å². The van der Waals surface area contributed by atoms with Gasteiger partial charge in [-0.05, 0) is 44.8 Å². The standard InChI is InChI=1S/C10H16FNS/c1-7-5-6-13-8(7)9(11)10(2,3)12-4/h5-6,9,12H,1-4H3. The van der Waals surface area contributed by atoms with Gasteiger partial charge >= 0.3 is 0 Å². The first-order chi connectivity index (χ1) is 5.99. The second-order valence-electron chi connectivity index (χ2n) is 3.80. The number of alkyl halides is 1. The zero-order valence-electron chi connectivity index (χ0n) is 8.52. The highest BCUT2D eigenvalue weighted by Crippen LogP contribution is 2.34. The van der Waals surface area contributed by atoms with Crippen molar-refractivity contribution in [1.82, 2.24) is 5.32 Å². The van der Waals surface area contributed by atoms with E-state index in [0.29, 0.717) is 0 Å². The van der Waals surface area contributed by atoms with Gasteiger partial charge in [-0.1, -0.05) is 0 Å². The number of thiophene rings is 1. The van der Waals surface area contributed by atoms with E-state index in [-0.39, 0.29) is 0 Å². The van der Waals surface area contributed by atoms with Gasteiger partial charge in [0.25, 0.3) is 0 Å². The van der Waals surface area contributed by atoms with Crippen LogP contribution in [0.15, 0.2) is 11.4 Å². The molecule has 1 unspecified atom stereocenters. The SMILES string of the molecule is CNC(C)(C)C(F)c1sccc1C. The Morgan fingerprint density at radius 2 is 2.15 bits per heavy atom. The maximum absolute atomic E-state index is 14.0. The molecule has 1 N–H and O–H groups in total. The second-order valence-corrected chi connectivity index (χ2v) is 4.75. The summed E-state index contributed by atoms with van der Waals surface area (Å²) in [5, 5.41) is 4.92. The molecule has 0 spiro atoms. The van der Waals surface area contributed by atoms with Crippen LogP contribution < -0.4 is 5.32 Å². The molecule has 74 valence electrons. The lowest BCUT2D eigenvalue weighted by Gasteiger charge is -2.28. The van der Waals surface area contributed by atoms with E-state index in [2.05, 4.69) is 5.32 Å². The number of aryl methyl sites for hydroxylation is 1. The van der Waals surface area contributed by atoms with Crippen LogP contribution >= 0.6 is 11.3 Å². The fraction of sp³-hybridized carbons (Fsp3) is 0.600. The highest BCUT2D eigenvalue weighted by molar-refractivity contribution is 7.10. The zero-order valence-corrected chi connectivity index (χ0v) is 9.33. The Hall–Kier alpha value is -0.410. The first-order valence-corrected chi connectivity index (χ1v) is 5.24. The smallest absolute Gasteiger partial charge is 0.152 e. The van der Waals surface area contributed by atoms with E-state index >= 15 is 0 Å². The Labute approximate surface area is 83.0 Å². The fourth-order valence-electron chi connectivity index (χ4n) is 1.10. The molecular weight excluding hydrogens is 185 g/mol. The van der Waals surface area contributed by atoms with Crippen LogP contribution in [-0.2, 0) is 0 Å². The molecule has 13 heavy (non-hydrogen) atoms. The lowest BCUT2D eigenvalue weighted by Crippen LogP contribution is -2.40. The summed E-state index contributed by atoms with van der Waals surface area (Å²) < 4.78 is 14.0. The van der Waals surface area contributed by atoms with E-state index in [4.69, 9.17) is 0 Å². The van der Waals surface area contributed by atoms with Crippen LogP contribution in [0, 0.1) is 6.92 Å². The molecule has 0 amide bonds. The molecule has 0 radical (unpaired) electrons. The van der Waals surface area contributed by atoms with Crippen molar-refractivity contribution in [2.24, 2.45) is 0 Å². The van der Waals surface area contributed by atoms with Gasteiger partial charge in [0, 0.05) is 10.4 Å². The number of hydrogen-bond acceptors (Lipinski definition) is 2. The Morgan fingerprint density at radius 3 is 2.54 bits per heavy atom. The van der Waals surface area contributed by atoms with Gasteiger partial charge in [0.15, 0.2) is 6.17 Å². The normalized spacial score (nSPS) is 14.5. The largest absolute Gasteiger partial charge is 0.312 e. The predicted molar refractivity (Wildman–Crippen MR) is 56.0 cm³/mol. The van der Waals surface area contributed by atoms with Crippen molar-refractivity contribution < 1.29 is 4.39 Å². The number of halogens is 1. The summed E-state index contributed by atoms with van der Waals surface area (Å²) in [6.07, 6.45) is -0.933. The molecule has 0 fully saturated rings. The summed E-state index contributed by atoms with van der Waals surface area (Å²) in [5.74, 6) is 0. The van der Waals surface area contributed by atoms with E-state index in [9.17, 15) is 4.39 Å². The third-order valence-electron chi connectivity index (χ3n) is 2.41. The summed E-state index contributed by atoms with van der Waals surface area (Å²) >= 11 is 1.48. The van der Waals surface area contributed by atoms with Crippen molar-refractivity contribution in [2.45, 2.75) is 32.5 Å². The average Bonchev–Trinajstić information content (AvgIpc) is 2.50. The number of rotatable bonds is 3. The van der Waals surface area contributed by atoms with Crippen LogP contribution in [0.4, 0.5) is 4.39 Å². The third kappa shape index (κ3) is 2.09. The highest BCUT2D eigenvalue weighted by atomic mass is 32.1. The van der Waals surface area contributed by atoms with Crippen molar-refractivity contribution in [2.75, 3.05) is 7.05 Å². The van der Waals surface area contributed by atoms with E-state index in [1.807, 2.05) is 32.2 Å². The van der Waals surface area contributed by atoms with Gasteiger partial charge in [-0.3, -0.25) is 0 Å². The summed E-state index contributed by atoms with van der Waals surface area (Å²) in [6.45, 7) is 5.69. The van der Waals surface area contributed by atoms with Crippen molar-refractivity contribution in [1.29, 1.82) is 0 Å². The van der Waals surface area contributed by atoms with E-state index in [0.717, 1.165) is 10.4 Å². The number of nitrogens with one attached hydrogen (secondary N) is 1. The van der Waals surface area contributed by atoms with E-state index in [1.165, 1.54) is 11.3 Å². The second kappa shape index (κ2) is 3.76. The Bertz CT molecular complexity index is 280. The summed E-state index contributed by atoms with van der Waals surface area (Å²) in [4.78, 5) is 0.833. The van der Waals surface area contributed by atoms with Crippen LogP contribution in [-0.4, -0.2) is 12.6 Å². The molecule has 1 atom stereocenters. The van der Waals surface area contributed by atoms with Gasteiger partial charge in [-0.15, -0.1) is 11.3 Å². The molecule has 1 heterocycles. The molecule has 0 aliphatic heterocycles. The first kappa shape index (κ1) is 10.7. The van der Waals surface area contributed by atoms with Crippen LogP contribution in [0.5, 0.6) is 0 Å². The Morgan fingerprint density at radius 1 is 1.54 bits per heavy atom. The summed E-state index contributed by atoms with van der Waals surface area (Å²) in [7, 11) is 1.79. The molecule has 1 aromatic rings. The fourth-order valence-corrected chi connectivity index (χ4v) is 2.19. The highest BCUT2D eigenvalue weighted by Gasteiger charge is 2.30. The quantitative estimate of drug-likeness (QED) is 0.792. The summed E-state index contributed by atoms with van der Waals surface area (Å²) in [6, 6.07) is 1.96. The molecule has 0 aliphatic carbocycles. The van der Waals surface area contributed by atoms with Gasteiger partial charge in [-0.2, -0.15) is 0 Å². The monoisotopic (exact) mass is 201 g/mol. The average molecular weight is 201 g/mol. The minimum absolute atomic E-state index is 0.490. The minimum atomic E-state index is -0.933. The zero-order chi connectivity index (χ0) is 10.1. The maximum atomic E-state index is 14.0. The molecule has 1 nitrogen and oxygen atoms in total. The third-order valence-corrected chi connectivity index (χ3v) is 3.46. The van der Waals surface area contributed by atoms with Crippen molar-refractivity contribution in [3.8, 4) is 0 Å². The molecular formula is C10H16FNS. The van der Waals surface area contributed by atoms with Crippen LogP contribution in [0.2, 0.25) is 0 Å². The molecule has 0 aromatic carbocycles. The van der Waals surface area contributed by atoms with Crippen LogP contribution in [0.3, 0.4) is 0 Å². The van der Waals surface area contributed by atoms with Crippen molar-refractivity contribution in [3.05, 3.63) is 21.9 Å². The maximum Gasteiger partial charge on any atom is 0.152 e. The molecule has 0 saturated carbocycles. The predicted octanol–water partition coefficient (Wildman–Crippen LogP) is 3.07. The van der Waals surface area contributed by atoms with Gasteiger partial charge < -0.3 is 5.32 Å². The van der Waals surface area contributed by atoms with Crippen LogP contribution in [0.25, 0.3) is 0 Å². The molecule has 0 saturated heterocycles. The first-order valence-electron chi connectivity index (χ1n) is 4.36. The Balaban J connectivity index is 2.91. The Kier molecular flexibility index (Phi) is 3.09. The molecule has 3 heteroatoms. The number of likely N-dealkylation sites (N-methyl/N-ethyl adjacent to an activating group) is 1. The molecule has 1 aromatic heterocycles. The van der Waals surface area contributed by atoms with Crippen molar-refractivity contribution >= 4 is 11.3 Å². The minimum Gasteiger partial charge on any atom is -0.312 e. The van der Waals surface area contributed by atoms with Crippen LogP contribution in [0.1, 0.15) is 30.5 Å². The van der Waals surface area contributed by atoms with Crippen molar-refractivity contribution in [3.63, 3.8) is 0 Å². The summed E-state index contributed by atoms with van der Waals surface area (Å²) in [5.41, 5.74) is 0.552. The van der Waals surface area contributed by atoms with E-state index < -0.39 is 11.7 Å². The van der Waals surface area contributed by atoms with Gasteiger partial charge in [0.05, 0.1) is 0 Å². The topological polar surface area (TPSA) is 12.0 Å². The number of hydrogen-bond donors (Lipinski definition) is 1. The van der Waals surface area contributed by atoms with Gasteiger partial charge in [0.2, 0.25) is 0 Å². The lowest BCUT2D eigenvalue weighted by atomic mass is 9.96. The molecule has 0 bridgehead atoms. The molecule has 0 aliphatic rings. The van der Waals surface area contributed by atoms with E-state index in [1.54, 1.807) is 7.05 Å². The van der Waals surface area contributed by atoms with Gasteiger partial charge in [-0.25, -0.2) is 4.39 Å². The lowest BCUT2D eigenvalue weighted by molar-refractivity contribution is 0.194.